The average Bonchev–Trinajstić information content (AvgIpc) is 3.22. The van der Waals surface area contributed by atoms with Crippen molar-refractivity contribution >= 4 is 12.0 Å². The van der Waals surface area contributed by atoms with Gasteiger partial charge in [0.15, 0.2) is 6.10 Å². The first-order valence-corrected chi connectivity index (χ1v) is 11.3. The van der Waals surface area contributed by atoms with Gasteiger partial charge in [-0.1, -0.05) is 54.6 Å². The van der Waals surface area contributed by atoms with Crippen LogP contribution >= 0.6 is 0 Å². The summed E-state index contributed by atoms with van der Waals surface area (Å²) in [6.07, 6.45) is -3.36. The molecule has 9 nitrogen and oxygen atoms in total. The maximum Gasteiger partial charge on any atom is 0.417 e. The molecule has 9 heteroatoms. The lowest BCUT2D eigenvalue weighted by Crippen LogP contribution is -2.50. The topological polar surface area (TPSA) is 126 Å². The highest BCUT2D eigenvalue weighted by atomic mass is 16.6. The molecule has 0 aliphatic carbocycles. The van der Waals surface area contributed by atoms with Gasteiger partial charge in [-0.25, -0.2) is 9.69 Å². The highest BCUT2D eigenvalue weighted by Crippen LogP contribution is 2.22. The molecule has 188 valence electrons. The molecule has 0 aromatic heterocycles. The number of cyclic esters (lactones) is 1. The molecule has 1 fully saturated rings. The molecule has 1 aliphatic heterocycles. The molecule has 0 radical (unpaired) electrons. The van der Waals surface area contributed by atoms with Crippen LogP contribution in [-0.2, 0) is 27.3 Å². The number of carbonyl (C=O) groups is 2. The first-order chi connectivity index (χ1) is 16.8. The molecule has 1 aliphatic rings. The van der Waals surface area contributed by atoms with E-state index in [0.717, 1.165) is 10.5 Å². The van der Waals surface area contributed by atoms with Crippen LogP contribution in [0.1, 0.15) is 18.1 Å². The fourth-order valence-corrected chi connectivity index (χ4v) is 3.62. The number of aliphatic hydroxyl groups is 3. The zero-order valence-corrected chi connectivity index (χ0v) is 19.7. The maximum atomic E-state index is 13.5. The van der Waals surface area contributed by atoms with Gasteiger partial charge in [0.25, 0.3) is 5.91 Å². The Hall–Kier alpha value is -3.24. The van der Waals surface area contributed by atoms with E-state index >= 15 is 0 Å². The van der Waals surface area contributed by atoms with Crippen molar-refractivity contribution < 1.29 is 39.1 Å². The predicted molar refractivity (Wildman–Crippen MR) is 127 cm³/mol. The van der Waals surface area contributed by atoms with Gasteiger partial charge < -0.3 is 29.5 Å². The molecule has 0 unspecified atom stereocenters. The zero-order valence-electron chi connectivity index (χ0n) is 19.7. The minimum Gasteiger partial charge on any atom is -0.497 e. The summed E-state index contributed by atoms with van der Waals surface area (Å²) in [7, 11) is 1.55. The molecule has 3 rings (SSSR count). The summed E-state index contributed by atoms with van der Waals surface area (Å²) in [6, 6.07) is 15.8. The van der Waals surface area contributed by atoms with Crippen LogP contribution in [0.25, 0.3) is 0 Å². The van der Waals surface area contributed by atoms with Crippen LogP contribution in [0.4, 0.5) is 4.79 Å². The Morgan fingerprint density at radius 1 is 1.06 bits per heavy atom. The third kappa shape index (κ3) is 7.12. The predicted octanol–water partition coefficient (Wildman–Crippen LogP) is 1.83. The summed E-state index contributed by atoms with van der Waals surface area (Å²) in [5, 5.41) is 30.1. The Bertz CT molecular complexity index is 992. The van der Waals surface area contributed by atoms with Gasteiger partial charge in [0.2, 0.25) is 0 Å². The SMILES string of the molecule is COc1ccc(CO[C@H](C(=O)N2C(=O)OC[C@@H]2Cc2ccccc2)[C@H](O)/C=C/[C@H](O)[C@H](C)O)cc1. The van der Waals surface area contributed by atoms with Crippen LogP contribution in [-0.4, -0.2) is 76.4 Å². The summed E-state index contributed by atoms with van der Waals surface area (Å²) in [6.45, 7) is 1.38. The van der Waals surface area contributed by atoms with Gasteiger partial charge in [-0.3, -0.25) is 4.79 Å². The van der Waals surface area contributed by atoms with E-state index < -0.39 is 42.5 Å². The number of amides is 2. The molecular formula is C26H31NO8. The molecule has 0 saturated carbocycles. The molecule has 3 N–H and O–H groups in total. The standard InChI is InChI=1S/C26H31NO8/c1-17(28)22(29)12-13-23(30)24(34-15-19-8-10-21(33-2)11-9-19)25(31)27-20(16-35-26(27)32)14-18-6-4-3-5-7-18/h3-13,17,20,22-24,28-30H,14-16H2,1-2H3/b13-12+/t17-,20-,22-,23+,24-/m0/s1. The van der Waals surface area contributed by atoms with Crippen LogP contribution in [0.5, 0.6) is 5.75 Å². The lowest BCUT2D eigenvalue weighted by atomic mass is 10.0. The number of hydrogen-bond donors (Lipinski definition) is 3. The van der Waals surface area contributed by atoms with E-state index in [2.05, 4.69) is 0 Å². The van der Waals surface area contributed by atoms with Gasteiger partial charge in [0, 0.05) is 0 Å². The van der Waals surface area contributed by atoms with Crippen molar-refractivity contribution in [1.82, 2.24) is 4.90 Å². The Balaban J connectivity index is 1.80. The van der Waals surface area contributed by atoms with Crippen molar-refractivity contribution in [3.8, 4) is 5.75 Å². The van der Waals surface area contributed by atoms with Crippen molar-refractivity contribution in [1.29, 1.82) is 0 Å². The average molecular weight is 486 g/mol. The molecule has 35 heavy (non-hydrogen) atoms. The van der Waals surface area contributed by atoms with Crippen molar-refractivity contribution in [3.05, 3.63) is 77.9 Å². The number of benzene rings is 2. The van der Waals surface area contributed by atoms with E-state index in [1.165, 1.54) is 19.1 Å². The normalized spacial score (nSPS) is 19.3. The minimum atomic E-state index is -1.50. The number of aliphatic hydroxyl groups excluding tert-OH is 3. The Morgan fingerprint density at radius 2 is 1.71 bits per heavy atom. The van der Waals surface area contributed by atoms with E-state index in [0.29, 0.717) is 17.7 Å². The molecule has 2 aromatic carbocycles. The maximum absolute atomic E-state index is 13.5. The lowest BCUT2D eigenvalue weighted by Gasteiger charge is -2.27. The van der Waals surface area contributed by atoms with E-state index in [1.807, 2.05) is 30.3 Å². The van der Waals surface area contributed by atoms with Crippen molar-refractivity contribution in [3.63, 3.8) is 0 Å². The minimum absolute atomic E-state index is 0.0251. The second-order valence-corrected chi connectivity index (χ2v) is 8.32. The van der Waals surface area contributed by atoms with E-state index in [4.69, 9.17) is 14.2 Å². The lowest BCUT2D eigenvalue weighted by molar-refractivity contribution is -0.148. The molecule has 1 heterocycles. The smallest absolute Gasteiger partial charge is 0.417 e. The molecule has 5 atom stereocenters. The number of methoxy groups -OCH3 is 1. The summed E-state index contributed by atoms with van der Waals surface area (Å²) in [4.78, 5) is 26.9. The van der Waals surface area contributed by atoms with Gasteiger partial charge in [0.1, 0.15) is 18.5 Å². The molecule has 0 spiro atoms. The third-order valence-electron chi connectivity index (χ3n) is 5.65. The second kappa shape index (κ2) is 12.5. The number of nitrogens with zero attached hydrogens (tertiary/aromatic N) is 1. The first-order valence-electron chi connectivity index (χ1n) is 11.3. The van der Waals surface area contributed by atoms with Crippen molar-refractivity contribution in [2.75, 3.05) is 13.7 Å². The Kier molecular flexibility index (Phi) is 9.39. The van der Waals surface area contributed by atoms with Crippen molar-refractivity contribution in [2.24, 2.45) is 0 Å². The number of imide groups is 1. The Labute approximate surface area is 204 Å². The molecule has 0 bridgehead atoms. The third-order valence-corrected chi connectivity index (χ3v) is 5.65. The summed E-state index contributed by atoms with van der Waals surface area (Å²) >= 11 is 0. The van der Waals surface area contributed by atoms with E-state index in [-0.39, 0.29) is 13.2 Å². The first kappa shape index (κ1) is 26.4. The summed E-state index contributed by atoms with van der Waals surface area (Å²) in [5.41, 5.74) is 1.64. The summed E-state index contributed by atoms with van der Waals surface area (Å²) in [5.74, 6) is -0.106. The number of carbonyl (C=O) groups excluding carboxylic acids is 2. The second-order valence-electron chi connectivity index (χ2n) is 8.32. The number of ether oxygens (including phenoxy) is 3. The fourth-order valence-electron chi connectivity index (χ4n) is 3.62. The van der Waals surface area contributed by atoms with Crippen LogP contribution < -0.4 is 4.74 Å². The largest absolute Gasteiger partial charge is 0.497 e. The van der Waals surface area contributed by atoms with Gasteiger partial charge in [-0.15, -0.1) is 0 Å². The van der Waals surface area contributed by atoms with E-state index in [9.17, 15) is 24.9 Å². The Morgan fingerprint density at radius 3 is 2.34 bits per heavy atom. The van der Waals surface area contributed by atoms with Crippen LogP contribution in [0.2, 0.25) is 0 Å². The van der Waals surface area contributed by atoms with Crippen molar-refractivity contribution in [2.45, 2.75) is 50.4 Å². The molecule has 1 saturated heterocycles. The molecule has 2 amide bonds. The van der Waals surface area contributed by atoms with E-state index in [1.54, 1.807) is 31.4 Å². The van der Waals surface area contributed by atoms with Gasteiger partial charge in [0.05, 0.1) is 32.0 Å². The highest BCUT2D eigenvalue weighted by molar-refractivity contribution is 5.96. The zero-order chi connectivity index (χ0) is 25.4. The quantitative estimate of drug-likeness (QED) is 0.412. The van der Waals surface area contributed by atoms with Crippen LogP contribution in [0.3, 0.4) is 0 Å². The monoisotopic (exact) mass is 485 g/mol. The van der Waals surface area contributed by atoms with Gasteiger partial charge in [-0.2, -0.15) is 0 Å². The molecular weight excluding hydrogens is 454 g/mol. The van der Waals surface area contributed by atoms with Crippen LogP contribution in [0, 0.1) is 0 Å². The molecule has 2 aromatic rings. The van der Waals surface area contributed by atoms with Gasteiger partial charge in [-0.05, 0) is 36.6 Å². The highest BCUT2D eigenvalue weighted by Gasteiger charge is 2.43. The van der Waals surface area contributed by atoms with Gasteiger partial charge >= 0.3 is 6.09 Å². The summed E-state index contributed by atoms with van der Waals surface area (Å²) < 4.78 is 16.1. The number of hydrogen-bond acceptors (Lipinski definition) is 8. The van der Waals surface area contributed by atoms with Crippen LogP contribution in [0.15, 0.2) is 66.7 Å². The fraction of sp³-hybridized carbons (Fsp3) is 0.385. The number of rotatable bonds is 11.